The largest absolute Gasteiger partial charge is 0.494 e. The maximum absolute atomic E-state index is 12.4. The number of benzene rings is 2. The molecule has 0 aliphatic carbocycles. The van der Waals surface area contributed by atoms with Crippen molar-refractivity contribution >= 4 is 28.3 Å². The van der Waals surface area contributed by atoms with Crippen molar-refractivity contribution in [1.82, 2.24) is 5.32 Å². The van der Waals surface area contributed by atoms with E-state index < -0.39 is 10.8 Å². The lowest BCUT2D eigenvalue weighted by Gasteiger charge is -2.06. The van der Waals surface area contributed by atoms with Crippen LogP contribution in [0.2, 0.25) is 5.02 Å². The Labute approximate surface area is 183 Å². The van der Waals surface area contributed by atoms with Crippen LogP contribution in [0.1, 0.15) is 34.4 Å². The van der Waals surface area contributed by atoms with E-state index in [1.54, 1.807) is 18.2 Å². The summed E-state index contributed by atoms with van der Waals surface area (Å²) in [6.07, 6.45) is 0.702. The summed E-state index contributed by atoms with van der Waals surface area (Å²) in [6, 6.07) is 18.4. The maximum Gasteiger partial charge on any atom is 0.287 e. The Morgan fingerprint density at radius 2 is 1.83 bits per heavy atom. The van der Waals surface area contributed by atoms with E-state index in [0.717, 1.165) is 16.9 Å². The van der Waals surface area contributed by atoms with Gasteiger partial charge in [-0.15, -0.1) is 0 Å². The molecule has 0 aliphatic rings. The molecule has 0 saturated carbocycles. The molecule has 1 heterocycles. The zero-order chi connectivity index (χ0) is 21.3. The second kappa shape index (κ2) is 11.0. The van der Waals surface area contributed by atoms with E-state index in [9.17, 15) is 9.00 Å². The van der Waals surface area contributed by atoms with E-state index in [0.29, 0.717) is 36.1 Å². The Morgan fingerprint density at radius 1 is 1.07 bits per heavy atom. The van der Waals surface area contributed by atoms with Crippen molar-refractivity contribution in [2.75, 3.05) is 13.2 Å². The molecule has 3 aromatic rings. The van der Waals surface area contributed by atoms with Gasteiger partial charge < -0.3 is 14.5 Å². The summed E-state index contributed by atoms with van der Waals surface area (Å²) in [5.41, 5.74) is 1.94. The minimum absolute atomic E-state index is 0.214. The Balaban J connectivity index is 1.46. The molecule has 5 nitrogen and oxygen atoms in total. The van der Waals surface area contributed by atoms with Crippen molar-refractivity contribution in [3.8, 4) is 5.75 Å². The van der Waals surface area contributed by atoms with Crippen molar-refractivity contribution in [3.63, 3.8) is 0 Å². The van der Waals surface area contributed by atoms with Gasteiger partial charge in [-0.2, -0.15) is 0 Å². The average molecular weight is 446 g/mol. The van der Waals surface area contributed by atoms with Gasteiger partial charge in [-0.25, -0.2) is 0 Å². The van der Waals surface area contributed by atoms with Gasteiger partial charge in [-0.1, -0.05) is 41.9 Å². The van der Waals surface area contributed by atoms with Crippen molar-refractivity contribution in [2.45, 2.75) is 24.9 Å². The predicted molar refractivity (Wildman–Crippen MR) is 119 cm³/mol. The minimum atomic E-state index is -1.19. The van der Waals surface area contributed by atoms with E-state index in [1.807, 2.05) is 49.4 Å². The van der Waals surface area contributed by atoms with Crippen molar-refractivity contribution < 1.29 is 18.2 Å². The second-order valence-electron chi connectivity index (χ2n) is 6.67. The van der Waals surface area contributed by atoms with Crippen LogP contribution in [0, 0.1) is 0 Å². The molecule has 7 heteroatoms. The summed E-state index contributed by atoms with van der Waals surface area (Å²) in [7, 11) is -1.19. The van der Waals surface area contributed by atoms with Gasteiger partial charge in [0.2, 0.25) is 0 Å². The molecule has 2 aromatic carbocycles. The number of carbonyl (C=O) groups excluding carboxylic acids is 1. The van der Waals surface area contributed by atoms with Crippen LogP contribution in [-0.4, -0.2) is 23.3 Å². The quantitative estimate of drug-likeness (QED) is 0.488. The van der Waals surface area contributed by atoms with Crippen LogP contribution in [-0.2, 0) is 28.7 Å². The molecule has 0 spiro atoms. The molecule has 158 valence electrons. The van der Waals surface area contributed by atoms with Crippen LogP contribution in [0.15, 0.2) is 65.1 Å². The van der Waals surface area contributed by atoms with Crippen LogP contribution in [0.5, 0.6) is 5.75 Å². The normalized spacial score (nSPS) is 11.8. The number of carbonyl (C=O) groups is 1. The number of amides is 1. The molecule has 0 aliphatic heterocycles. The van der Waals surface area contributed by atoms with Crippen LogP contribution in [0.25, 0.3) is 0 Å². The van der Waals surface area contributed by atoms with Crippen molar-refractivity contribution in [3.05, 3.63) is 88.3 Å². The minimum Gasteiger partial charge on any atom is -0.494 e. The molecule has 0 bridgehead atoms. The fraction of sp³-hybridized carbons (Fsp3) is 0.261. The van der Waals surface area contributed by atoms with E-state index in [-0.39, 0.29) is 17.4 Å². The molecular weight excluding hydrogens is 422 g/mol. The third-order valence-corrected chi connectivity index (χ3v) is 6.00. The highest BCUT2D eigenvalue weighted by Crippen LogP contribution is 2.19. The number of ether oxygens (including phenoxy) is 1. The SMILES string of the molecule is CCOc1ccc(CCNC(=O)c2ccc(C[S@](=O)Cc3ccccc3Cl)o2)cc1. The van der Waals surface area contributed by atoms with Crippen LogP contribution in [0.4, 0.5) is 0 Å². The summed E-state index contributed by atoms with van der Waals surface area (Å²) in [6.45, 7) is 3.06. The standard InChI is InChI=1S/C23H24ClNO4S/c1-2-28-19-9-7-17(8-10-19)13-14-25-23(26)22-12-11-20(29-22)16-30(27)15-18-5-3-4-6-21(18)24/h3-12H,2,13-16H2,1H3,(H,25,26)/t30-/m1/s1. The predicted octanol–water partition coefficient (Wildman–Crippen LogP) is 4.75. The highest BCUT2D eigenvalue weighted by molar-refractivity contribution is 7.83. The Hall–Kier alpha value is -2.57. The van der Waals surface area contributed by atoms with Gasteiger partial charge in [0.15, 0.2) is 5.76 Å². The number of halogens is 1. The number of furan rings is 1. The van der Waals surface area contributed by atoms with E-state index in [4.69, 9.17) is 20.8 Å². The summed E-state index contributed by atoms with van der Waals surface area (Å²) in [5.74, 6) is 1.84. The Kier molecular flexibility index (Phi) is 8.11. The average Bonchev–Trinajstić information content (AvgIpc) is 3.19. The van der Waals surface area contributed by atoms with Gasteiger partial charge in [0, 0.05) is 22.4 Å². The zero-order valence-corrected chi connectivity index (χ0v) is 18.3. The molecular formula is C23H24ClNO4S. The lowest BCUT2D eigenvalue weighted by molar-refractivity contribution is 0.0925. The lowest BCUT2D eigenvalue weighted by atomic mass is 10.1. The van der Waals surface area contributed by atoms with Gasteiger partial charge in [0.05, 0.1) is 18.1 Å². The molecule has 0 fully saturated rings. The maximum atomic E-state index is 12.4. The molecule has 0 radical (unpaired) electrons. The first-order chi connectivity index (χ1) is 14.5. The third-order valence-electron chi connectivity index (χ3n) is 4.40. The second-order valence-corrected chi connectivity index (χ2v) is 8.53. The van der Waals surface area contributed by atoms with E-state index in [1.165, 1.54) is 0 Å². The Morgan fingerprint density at radius 3 is 2.57 bits per heavy atom. The van der Waals surface area contributed by atoms with Gasteiger partial charge in [0.25, 0.3) is 5.91 Å². The monoisotopic (exact) mass is 445 g/mol. The summed E-state index contributed by atoms with van der Waals surface area (Å²) in [5, 5.41) is 3.44. The fourth-order valence-corrected chi connectivity index (χ4v) is 4.36. The first-order valence-corrected chi connectivity index (χ1v) is 11.6. The van der Waals surface area contributed by atoms with Gasteiger partial charge in [-0.3, -0.25) is 9.00 Å². The highest BCUT2D eigenvalue weighted by Gasteiger charge is 2.13. The van der Waals surface area contributed by atoms with E-state index in [2.05, 4.69) is 5.32 Å². The van der Waals surface area contributed by atoms with Gasteiger partial charge in [-0.05, 0) is 54.8 Å². The third kappa shape index (κ3) is 6.47. The van der Waals surface area contributed by atoms with Crippen molar-refractivity contribution in [1.29, 1.82) is 0 Å². The topological polar surface area (TPSA) is 68.5 Å². The molecule has 0 unspecified atom stereocenters. The van der Waals surface area contributed by atoms with Crippen LogP contribution >= 0.6 is 11.6 Å². The lowest BCUT2D eigenvalue weighted by Crippen LogP contribution is -2.25. The Bertz CT molecular complexity index is 1000. The fourth-order valence-electron chi connectivity index (χ4n) is 2.90. The molecule has 0 saturated heterocycles. The summed E-state index contributed by atoms with van der Waals surface area (Å²) >= 11 is 6.11. The molecule has 1 amide bonds. The van der Waals surface area contributed by atoms with Gasteiger partial charge in [0.1, 0.15) is 11.5 Å². The number of rotatable bonds is 10. The van der Waals surface area contributed by atoms with Crippen LogP contribution < -0.4 is 10.1 Å². The number of nitrogens with one attached hydrogen (secondary N) is 1. The zero-order valence-electron chi connectivity index (χ0n) is 16.7. The summed E-state index contributed by atoms with van der Waals surface area (Å²) < 4.78 is 23.4. The molecule has 1 N–H and O–H groups in total. The first kappa shape index (κ1) is 22.1. The number of hydrogen-bond acceptors (Lipinski definition) is 4. The molecule has 3 rings (SSSR count). The number of hydrogen-bond donors (Lipinski definition) is 1. The van der Waals surface area contributed by atoms with Crippen LogP contribution in [0.3, 0.4) is 0 Å². The highest BCUT2D eigenvalue weighted by atomic mass is 35.5. The first-order valence-electron chi connectivity index (χ1n) is 9.72. The van der Waals surface area contributed by atoms with E-state index >= 15 is 0 Å². The smallest absolute Gasteiger partial charge is 0.287 e. The van der Waals surface area contributed by atoms with Crippen molar-refractivity contribution in [2.24, 2.45) is 0 Å². The molecule has 1 atom stereocenters. The van der Waals surface area contributed by atoms with Gasteiger partial charge >= 0.3 is 0 Å². The summed E-state index contributed by atoms with van der Waals surface area (Å²) in [4.78, 5) is 12.3. The molecule has 1 aromatic heterocycles. The molecule has 30 heavy (non-hydrogen) atoms.